The monoisotopic (exact) mass is 484 g/mol. The molecule has 11 heteroatoms. The van der Waals surface area contributed by atoms with E-state index >= 15 is 0 Å². The summed E-state index contributed by atoms with van der Waals surface area (Å²) in [5, 5.41) is 10.0. The van der Waals surface area contributed by atoms with Crippen LogP contribution in [0.25, 0.3) is 10.9 Å². The average molecular weight is 485 g/mol. The van der Waals surface area contributed by atoms with Gasteiger partial charge in [0.2, 0.25) is 15.5 Å². The van der Waals surface area contributed by atoms with E-state index in [2.05, 4.69) is 9.46 Å². The van der Waals surface area contributed by atoms with Crippen LogP contribution in [-0.2, 0) is 23.0 Å². The van der Waals surface area contributed by atoms with Crippen molar-refractivity contribution in [2.75, 3.05) is 12.8 Å². The predicted molar refractivity (Wildman–Crippen MR) is 119 cm³/mol. The van der Waals surface area contributed by atoms with Crippen LogP contribution in [0.1, 0.15) is 11.1 Å². The molecule has 0 saturated heterocycles. The number of sulfonamides is 1. The molecular formula is C20H18Cl2N2O6S. The molecule has 0 fully saturated rings. The Bertz CT molecular complexity index is 1320. The van der Waals surface area contributed by atoms with E-state index in [0.29, 0.717) is 22.0 Å². The van der Waals surface area contributed by atoms with Crippen molar-refractivity contribution < 1.29 is 23.1 Å². The molecule has 0 aliphatic heterocycles. The van der Waals surface area contributed by atoms with Crippen molar-refractivity contribution >= 4 is 50.3 Å². The maximum atomic E-state index is 12.8. The molecule has 0 unspecified atom stereocenters. The quantitative estimate of drug-likeness (QED) is 0.495. The highest BCUT2D eigenvalue weighted by Crippen LogP contribution is 2.28. The van der Waals surface area contributed by atoms with Gasteiger partial charge in [0.25, 0.3) is 0 Å². The molecule has 0 radical (unpaired) electrons. The van der Waals surface area contributed by atoms with Gasteiger partial charge in [-0.25, -0.2) is 17.9 Å². The third-order valence-corrected chi connectivity index (χ3v) is 6.04. The van der Waals surface area contributed by atoms with Gasteiger partial charge in [-0.2, -0.15) is 0 Å². The van der Waals surface area contributed by atoms with E-state index in [4.69, 9.17) is 28.3 Å². The first-order valence-corrected chi connectivity index (χ1v) is 11.6. The van der Waals surface area contributed by atoms with Crippen LogP contribution >= 0.6 is 23.2 Å². The van der Waals surface area contributed by atoms with Crippen molar-refractivity contribution in [3.63, 3.8) is 0 Å². The smallest absolute Gasteiger partial charge is 0.449 e. The Kier molecular flexibility index (Phi) is 6.90. The molecule has 8 nitrogen and oxygen atoms in total. The summed E-state index contributed by atoms with van der Waals surface area (Å²) in [5.41, 5.74) is 1.42. The second-order valence-electron chi connectivity index (χ2n) is 6.79. The van der Waals surface area contributed by atoms with Gasteiger partial charge < -0.3 is 14.4 Å². The van der Waals surface area contributed by atoms with Gasteiger partial charge in [-0.3, -0.25) is 4.79 Å². The summed E-state index contributed by atoms with van der Waals surface area (Å²) >= 11 is 12.3. The maximum Gasteiger partial charge on any atom is 0.511 e. The number of halogens is 2. The number of pyridine rings is 1. The second-order valence-corrected chi connectivity index (χ2v) is 9.41. The lowest BCUT2D eigenvalue weighted by Crippen LogP contribution is -2.27. The topological polar surface area (TPSA) is 115 Å². The van der Waals surface area contributed by atoms with Crippen molar-refractivity contribution in [2.24, 2.45) is 0 Å². The van der Waals surface area contributed by atoms with Crippen LogP contribution in [0, 0.1) is 0 Å². The van der Waals surface area contributed by atoms with Crippen molar-refractivity contribution in [1.29, 1.82) is 0 Å². The molecule has 0 atom stereocenters. The Morgan fingerprint density at radius 3 is 2.65 bits per heavy atom. The number of fused-ring (bicyclic) bond motifs is 1. The van der Waals surface area contributed by atoms with Crippen LogP contribution in [0.2, 0.25) is 10.0 Å². The largest absolute Gasteiger partial charge is 0.511 e. The van der Waals surface area contributed by atoms with Crippen LogP contribution in [0.4, 0.5) is 4.79 Å². The number of hydrogen-bond donors (Lipinski definition) is 2. The summed E-state index contributed by atoms with van der Waals surface area (Å²) in [6.45, 7) is 0.197. The van der Waals surface area contributed by atoms with Gasteiger partial charge >= 0.3 is 6.16 Å². The van der Waals surface area contributed by atoms with Gasteiger partial charge in [-0.05, 0) is 35.7 Å². The van der Waals surface area contributed by atoms with Gasteiger partial charge in [-0.1, -0.05) is 41.4 Å². The van der Waals surface area contributed by atoms with Gasteiger partial charge in [0.15, 0.2) is 5.75 Å². The van der Waals surface area contributed by atoms with E-state index in [1.807, 2.05) is 6.07 Å². The molecule has 2 aromatic carbocycles. The van der Waals surface area contributed by atoms with E-state index in [1.54, 1.807) is 34.9 Å². The molecule has 1 heterocycles. The molecule has 0 bridgehead atoms. The van der Waals surface area contributed by atoms with Gasteiger partial charge in [0, 0.05) is 18.5 Å². The fourth-order valence-electron chi connectivity index (χ4n) is 3.14. The third-order valence-electron chi connectivity index (χ3n) is 4.45. The number of benzene rings is 2. The zero-order chi connectivity index (χ0) is 22.8. The number of hydrogen-bond acceptors (Lipinski definition) is 5. The normalized spacial score (nSPS) is 11.6. The van der Waals surface area contributed by atoms with Crippen molar-refractivity contribution in [1.82, 2.24) is 9.29 Å². The lowest BCUT2D eigenvalue weighted by atomic mass is 10.0. The third kappa shape index (κ3) is 5.76. The van der Waals surface area contributed by atoms with Crippen LogP contribution < -0.4 is 14.9 Å². The number of carbonyl (C=O) groups is 1. The zero-order valence-electron chi connectivity index (χ0n) is 16.3. The highest BCUT2D eigenvalue weighted by Gasteiger charge is 2.15. The number of carboxylic acid groups (broad SMARTS) is 1. The Balaban J connectivity index is 2.06. The number of aromatic nitrogens is 1. The number of nitrogens with zero attached hydrogens (tertiary/aromatic N) is 1. The fraction of sp³-hybridized carbons (Fsp3) is 0.200. The molecule has 0 spiro atoms. The lowest BCUT2D eigenvalue weighted by Gasteiger charge is -2.14. The minimum absolute atomic E-state index is 0.0448. The first kappa shape index (κ1) is 23.1. The lowest BCUT2D eigenvalue weighted by molar-refractivity contribution is 0.144. The molecule has 3 aromatic rings. The maximum absolute atomic E-state index is 12.8. The van der Waals surface area contributed by atoms with Crippen LogP contribution in [0.15, 0.2) is 47.4 Å². The molecule has 0 aliphatic carbocycles. The van der Waals surface area contributed by atoms with Crippen LogP contribution in [0.5, 0.6) is 5.75 Å². The standard InChI is InChI=1S/C20H18Cl2N2O6S/c1-31(28,29)23-7-8-24-11-17(30-20(26)27)19(25)14-10-12(5-6-16(14)24)9-13-3-2-4-15(21)18(13)22/h2-6,10-11,23H,7-9H2,1H3,(H,26,27). The Labute approximate surface area is 188 Å². The van der Waals surface area contributed by atoms with E-state index in [0.717, 1.165) is 17.4 Å². The van der Waals surface area contributed by atoms with Crippen LogP contribution in [0.3, 0.4) is 0 Å². The van der Waals surface area contributed by atoms with E-state index in [-0.39, 0.29) is 24.2 Å². The summed E-state index contributed by atoms with van der Waals surface area (Å²) < 4.78 is 31.2. The van der Waals surface area contributed by atoms with E-state index in [1.165, 1.54) is 6.20 Å². The summed E-state index contributed by atoms with van der Waals surface area (Å²) in [6.07, 6.45) is 1.05. The SMILES string of the molecule is CS(=O)(=O)NCCn1cc(OC(=O)O)c(=O)c2cc(Cc3cccc(Cl)c3Cl)ccc21. The minimum Gasteiger partial charge on any atom is -0.449 e. The Morgan fingerprint density at radius 2 is 1.97 bits per heavy atom. The molecule has 164 valence electrons. The molecule has 0 aliphatic rings. The van der Waals surface area contributed by atoms with Crippen molar-refractivity contribution in [2.45, 2.75) is 13.0 Å². The summed E-state index contributed by atoms with van der Waals surface area (Å²) in [6, 6.07) is 10.4. The fourth-order valence-corrected chi connectivity index (χ4v) is 3.99. The molecule has 3 rings (SSSR count). The Morgan fingerprint density at radius 1 is 1.23 bits per heavy atom. The average Bonchev–Trinajstić information content (AvgIpc) is 2.67. The van der Waals surface area contributed by atoms with Crippen LogP contribution in [-0.4, -0.2) is 37.0 Å². The molecule has 0 saturated carbocycles. The highest BCUT2D eigenvalue weighted by atomic mass is 35.5. The van der Waals surface area contributed by atoms with E-state index < -0.39 is 21.6 Å². The van der Waals surface area contributed by atoms with Crippen molar-refractivity contribution in [3.05, 3.63) is 74.0 Å². The number of nitrogens with one attached hydrogen (secondary N) is 1. The first-order chi connectivity index (χ1) is 14.5. The molecule has 1 aromatic heterocycles. The molecule has 31 heavy (non-hydrogen) atoms. The van der Waals surface area contributed by atoms with Gasteiger partial charge in [-0.15, -0.1) is 0 Å². The number of ether oxygens (including phenoxy) is 1. The number of rotatable bonds is 7. The summed E-state index contributed by atoms with van der Waals surface area (Å²) in [5.74, 6) is -0.378. The van der Waals surface area contributed by atoms with E-state index in [9.17, 15) is 18.0 Å². The predicted octanol–water partition coefficient (Wildman–Crippen LogP) is 3.51. The minimum atomic E-state index is -3.41. The highest BCUT2D eigenvalue weighted by molar-refractivity contribution is 7.88. The van der Waals surface area contributed by atoms with Gasteiger partial charge in [0.05, 0.1) is 28.0 Å². The zero-order valence-corrected chi connectivity index (χ0v) is 18.6. The van der Waals surface area contributed by atoms with Gasteiger partial charge in [0.1, 0.15) is 0 Å². The summed E-state index contributed by atoms with van der Waals surface area (Å²) in [7, 11) is -3.41. The molecular weight excluding hydrogens is 467 g/mol. The first-order valence-electron chi connectivity index (χ1n) is 8.99. The molecule has 0 amide bonds. The Hall–Kier alpha value is -2.59. The second kappa shape index (κ2) is 9.27. The summed E-state index contributed by atoms with van der Waals surface area (Å²) in [4.78, 5) is 23.8. The molecule has 2 N–H and O–H groups in total. The van der Waals surface area contributed by atoms with Crippen molar-refractivity contribution in [3.8, 4) is 5.75 Å².